The van der Waals surface area contributed by atoms with Crippen LogP contribution in [-0.4, -0.2) is 17.5 Å². The molecule has 19 heavy (non-hydrogen) atoms. The molecule has 1 aromatic heterocycles. The molecule has 0 aliphatic rings. The van der Waals surface area contributed by atoms with Gasteiger partial charge < -0.3 is 15.8 Å². The van der Waals surface area contributed by atoms with E-state index in [9.17, 15) is 4.79 Å². The maximum Gasteiger partial charge on any atom is 0.262 e. The molecule has 0 saturated heterocycles. The van der Waals surface area contributed by atoms with Gasteiger partial charge >= 0.3 is 0 Å². The van der Waals surface area contributed by atoms with E-state index in [2.05, 4.69) is 10.3 Å². The van der Waals surface area contributed by atoms with Gasteiger partial charge in [-0.2, -0.15) is 0 Å². The minimum Gasteiger partial charge on any atom is -0.484 e. The average Bonchev–Trinajstić information content (AvgIpc) is 2.39. The first-order valence-electron chi connectivity index (χ1n) is 5.84. The average molecular weight is 257 g/mol. The van der Waals surface area contributed by atoms with Crippen LogP contribution in [0.1, 0.15) is 5.56 Å². The third-order valence-electron chi connectivity index (χ3n) is 2.54. The summed E-state index contributed by atoms with van der Waals surface area (Å²) in [5.41, 5.74) is 7.85. The summed E-state index contributed by atoms with van der Waals surface area (Å²) in [7, 11) is 0. The SMILES string of the molecule is Cc1ccncc1NC(=O)COc1cccc(N)c1. The van der Waals surface area contributed by atoms with Crippen molar-refractivity contribution in [1.82, 2.24) is 4.98 Å². The summed E-state index contributed by atoms with van der Waals surface area (Å²) in [6.07, 6.45) is 3.28. The second kappa shape index (κ2) is 5.86. The van der Waals surface area contributed by atoms with Crippen LogP contribution in [0.25, 0.3) is 0 Å². The smallest absolute Gasteiger partial charge is 0.262 e. The fourth-order valence-electron chi connectivity index (χ4n) is 1.53. The van der Waals surface area contributed by atoms with Crippen molar-refractivity contribution < 1.29 is 9.53 Å². The Labute approximate surface area is 111 Å². The normalized spacial score (nSPS) is 9.95. The zero-order valence-electron chi connectivity index (χ0n) is 10.6. The number of nitrogen functional groups attached to an aromatic ring is 1. The maximum atomic E-state index is 11.7. The van der Waals surface area contributed by atoms with Gasteiger partial charge in [-0.05, 0) is 30.7 Å². The molecule has 0 spiro atoms. The number of ether oxygens (including phenoxy) is 1. The van der Waals surface area contributed by atoms with Crippen molar-refractivity contribution in [3.05, 3.63) is 48.3 Å². The highest BCUT2D eigenvalue weighted by Gasteiger charge is 2.05. The Morgan fingerprint density at radius 3 is 3.00 bits per heavy atom. The molecule has 0 aliphatic heterocycles. The Morgan fingerprint density at radius 2 is 2.26 bits per heavy atom. The molecular formula is C14H15N3O2. The third kappa shape index (κ3) is 3.70. The first kappa shape index (κ1) is 12.9. The summed E-state index contributed by atoms with van der Waals surface area (Å²) < 4.78 is 5.35. The van der Waals surface area contributed by atoms with Crippen LogP contribution in [0.15, 0.2) is 42.7 Å². The number of nitrogens with one attached hydrogen (secondary N) is 1. The molecule has 0 radical (unpaired) electrons. The number of pyridine rings is 1. The number of aryl methyl sites for hydroxylation is 1. The van der Waals surface area contributed by atoms with Crippen LogP contribution >= 0.6 is 0 Å². The highest BCUT2D eigenvalue weighted by Crippen LogP contribution is 2.15. The molecule has 0 fully saturated rings. The van der Waals surface area contributed by atoms with Gasteiger partial charge in [0.05, 0.1) is 11.9 Å². The molecule has 5 nitrogen and oxygen atoms in total. The molecule has 0 saturated carbocycles. The Hall–Kier alpha value is -2.56. The van der Waals surface area contributed by atoms with Crippen molar-refractivity contribution in [2.45, 2.75) is 6.92 Å². The van der Waals surface area contributed by atoms with E-state index in [4.69, 9.17) is 10.5 Å². The zero-order valence-corrected chi connectivity index (χ0v) is 10.6. The number of aromatic nitrogens is 1. The summed E-state index contributed by atoms with van der Waals surface area (Å²) in [4.78, 5) is 15.7. The van der Waals surface area contributed by atoms with E-state index >= 15 is 0 Å². The summed E-state index contributed by atoms with van der Waals surface area (Å²) in [6, 6.07) is 8.77. The number of carbonyl (C=O) groups is 1. The highest BCUT2D eigenvalue weighted by atomic mass is 16.5. The van der Waals surface area contributed by atoms with Crippen molar-refractivity contribution in [2.75, 3.05) is 17.7 Å². The number of amides is 1. The standard InChI is InChI=1S/C14H15N3O2/c1-10-5-6-16-8-13(10)17-14(18)9-19-12-4-2-3-11(15)7-12/h2-8H,9,15H2,1H3,(H,17,18). The van der Waals surface area contributed by atoms with Crippen LogP contribution < -0.4 is 15.8 Å². The van der Waals surface area contributed by atoms with Gasteiger partial charge in [0.15, 0.2) is 6.61 Å². The summed E-state index contributed by atoms with van der Waals surface area (Å²) >= 11 is 0. The maximum absolute atomic E-state index is 11.7. The molecule has 3 N–H and O–H groups in total. The summed E-state index contributed by atoms with van der Waals surface area (Å²) in [5, 5.41) is 2.74. The fraction of sp³-hybridized carbons (Fsp3) is 0.143. The van der Waals surface area contributed by atoms with Crippen molar-refractivity contribution in [2.24, 2.45) is 0 Å². The Balaban J connectivity index is 1.90. The molecule has 0 unspecified atom stereocenters. The van der Waals surface area contributed by atoms with Crippen LogP contribution in [0, 0.1) is 6.92 Å². The largest absolute Gasteiger partial charge is 0.484 e. The molecule has 1 amide bonds. The second-order valence-corrected chi connectivity index (χ2v) is 4.10. The van der Waals surface area contributed by atoms with Gasteiger partial charge in [-0.3, -0.25) is 9.78 Å². The fourth-order valence-corrected chi connectivity index (χ4v) is 1.53. The summed E-state index contributed by atoms with van der Waals surface area (Å²) in [6.45, 7) is 1.83. The first-order chi connectivity index (χ1) is 9.15. The number of nitrogens with two attached hydrogens (primary N) is 1. The number of hydrogen-bond donors (Lipinski definition) is 2. The summed E-state index contributed by atoms with van der Waals surface area (Å²) in [5.74, 6) is 0.330. The van der Waals surface area contributed by atoms with E-state index < -0.39 is 0 Å². The number of rotatable bonds is 4. The molecule has 98 valence electrons. The molecule has 0 atom stereocenters. The second-order valence-electron chi connectivity index (χ2n) is 4.10. The number of hydrogen-bond acceptors (Lipinski definition) is 4. The van der Waals surface area contributed by atoms with Gasteiger partial charge in [0, 0.05) is 18.0 Å². The van der Waals surface area contributed by atoms with Gasteiger partial charge in [-0.1, -0.05) is 6.07 Å². The van der Waals surface area contributed by atoms with Crippen molar-refractivity contribution in [1.29, 1.82) is 0 Å². The van der Waals surface area contributed by atoms with Crippen molar-refractivity contribution in [3.8, 4) is 5.75 Å². The predicted molar refractivity (Wildman–Crippen MR) is 74.0 cm³/mol. The lowest BCUT2D eigenvalue weighted by molar-refractivity contribution is -0.118. The number of nitrogens with zero attached hydrogens (tertiary/aromatic N) is 1. The lowest BCUT2D eigenvalue weighted by Gasteiger charge is -2.09. The lowest BCUT2D eigenvalue weighted by Crippen LogP contribution is -2.20. The highest BCUT2D eigenvalue weighted by molar-refractivity contribution is 5.92. The van der Waals surface area contributed by atoms with Gasteiger partial charge in [0.25, 0.3) is 5.91 Å². The quantitative estimate of drug-likeness (QED) is 0.821. The molecule has 2 aromatic rings. The topological polar surface area (TPSA) is 77.2 Å². The van der Waals surface area contributed by atoms with E-state index in [1.54, 1.807) is 36.7 Å². The van der Waals surface area contributed by atoms with E-state index in [-0.39, 0.29) is 12.5 Å². The van der Waals surface area contributed by atoms with Crippen molar-refractivity contribution >= 4 is 17.3 Å². The van der Waals surface area contributed by atoms with E-state index in [0.717, 1.165) is 5.56 Å². The number of anilines is 2. The first-order valence-corrected chi connectivity index (χ1v) is 5.84. The van der Waals surface area contributed by atoms with Gasteiger partial charge in [0.2, 0.25) is 0 Å². The number of benzene rings is 1. The van der Waals surface area contributed by atoms with Crippen LogP contribution in [0.4, 0.5) is 11.4 Å². The van der Waals surface area contributed by atoms with Gasteiger partial charge in [-0.15, -0.1) is 0 Å². The Kier molecular flexibility index (Phi) is 3.97. The van der Waals surface area contributed by atoms with Crippen LogP contribution in [0.3, 0.4) is 0 Å². The van der Waals surface area contributed by atoms with Gasteiger partial charge in [0.1, 0.15) is 5.75 Å². The zero-order chi connectivity index (χ0) is 13.7. The minimum absolute atomic E-state index is 0.0716. The molecule has 0 bridgehead atoms. The monoisotopic (exact) mass is 257 g/mol. The Bertz CT molecular complexity index is 584. The third-order valence-corrected chi connectivity index (χ3v) is 2.54. The number of carbonyl (C=O) groups excluding carboxylic acids is 1. The molecule has 2 rings (SSSR count). The molecule has 0 aliphatic carbocycles. The van der Waals surface area contributed by atoms with Crippen molar-refractivity contribution in [3.63, 3.8) is 0 Å². The van der Waals surface area contributed by atoms with E-state index in [1.807, 2.05) is 13.0 Å². The van der Waals surface area contributed by atoms with Crippen LogP contribution in [0.5, 0.6) is 5.75 Å². The van der Waals surface area contributed by atoms with E-state index in [0.29, 0.717) is 17.1 Å². The lowest BCUT2D eigenvalue weighted by atomic mass is 10.2. The van der Waals surface area contributed by atoms with Crippen LogP contribution in [-0.2, 0) is 4.79 Å². The minimum atomic E-state index is -0.237. The predicted octanol–water partition coefficient (Wildman–Crippen LogP) is 1.99. The molecule has 5 heteroatoms. The molecule has 1 aromatic carbocycles. The van der Waals surface area contributed by atoms with Crippen LogP contribution in [0.2, 0.25) is 0 Å². The molecular weight excluding hydrogens is 242 g/mol. The Morgan fingerprint density at radius 1 is 1.42 bits per heavy atom. The van der Waals surface area contributed by atoms with Gasteiger partial charge in [-0.25, -0.2) is 0 Å². The molecule has 1 heterocycles. The van der Waals surface area contributed by atoms with E-state index in [1.165, 1.54) is 0 Å².